The number of carbonyl (C=O) groups excluding carboxylic acids is 1. The van der Waals surface area contributed by atoms with Crippen molar-refractivity contribution in [2.75, 3.05) is 0 Å². The SMILES string of the molecule is CCCn1nc(C)c(O)c1-c1nc(-c2nc(C(N)=O)n3cc(C)ncc23)n(C)n1. The standard InChI is InChI=1S/C18H21N9O2/c1-5-6-27-13(14(28)10(3)23-27)16-22-17(25(4)24-16)12-11-7-20-9(2)8-26(11)18(21-12)15(19)29/h7-8,28H,5-6H2,1-4H3,(H2,19,29). The Kier molecular flexibility index (Phi) is 4.29. The van der Waals surface area contributed by atoms with Gasteiger partial charge in [0.15, 0.2) is 11.6 Å². The van der Waals surface area contributed by atoms with E-state index < -0.39 is 5.91 Å². The summed E-state index contributed by atoms with van der Waals surface area (Å²) < 4.78 is 4.83. The number of nitrogens with zero attached hydrogens (tertiary/aromatic N) is 8. The van der Waals surface area contributed by atoms with Crippen molar-refractivity contribution in [1.82, 2.24) is 38.9 Å². The summed E-state index contributed by atoms with van der Waals surface area (Å²) in [6, 6.07) is 0. The van der Waals surface area contributed by atoms with Crippen molar-refractivity contribution < 1.29 is 9.90 Å². The van der Waals surface area contributed by atoms with Crippen LogP contribution in [-0.4, -0.2) is 49.9 Å². The number of hydrogen-bond donors (Lipinski definition) is 2. The highest BCUT2D eigenvalue weighted by Crippen LogP contribution is 2.32. The van der Waals surface area contributed by atoms with Gasteiger partial charge in [-0.25, -0.2) is 14.6 Å². The fourth-order valence-corrected chi connectivity index (χ4v) is 3.28. The Labute approximate surface area is 165 Å². The molecule has 0 aromatic carbocycles. The molecular weight excluding hydrogens is 374 g/mol. The topological polar surface area (TPSA) is 142 Å². The van der Waals surface area contributed by atoms with E-state index in [1.807, 2.05) is 13.8 Å². The number of amides is 1. The maximum atomic E-state index is 11.9. The van der Waals surface area contributed by atoms with E-state index >= 15 is 0 Å². The third-order valence-corrected chi connectivity index (χ3v) is 4.59. The molecule has 3 N–H and O–H groups in total. The molecule has 4 aromatic heterocycles. The number of nitrogens with two attached hydrogens (primary N) is 1. The second kappa shape index (κ2) is 6.69. The fraction of sp³-hybridized carbons (Fsp3) is 0.333. The Morgan fingerprint density at radius 1 is 1.24 bits per heavy atom. The first kappa shape index (κ1) is 18.6. The number of carbonyl (C=O) groups is 1. The van der Waals surface area contributed by atoms with E-state index in [1.165, 1.54) is 0 Å². The zero-order valence-corrected chi connectivity index (χ0v) is 16.6. The van der Waals surface area contributed by atoms with E-state index in [4.69, 9.17) is 5.73 Å². The van der Waals surface area contributed by atoms with Gasteiger partial charge < -0.3 is 10.8 Å². The van der Waals surface area contributed by atoms with Gasteiger partial charge in [-0.3, -0.25) is 18.9 Å². The number of primary amides is 1. The molecule has 0 aliphatic rings. The Balaban J connectivity index is 1.92. The zero-order valence-electron chi connectivity index (χ0n) is 16.6. The summed E-state index contributed by atoms with van der Waals surface area (Å²) in [5, 5.41) is 19.3. The third kappa shape index (κ3) is 2.91. The molecule has 4 rings (SSSR count). The number of imidazole rings is 1. The molecule has 4 aromatic rings. The predicted octanol–water partition coefficient (Wildman–Crippen LogP) is 1.22. The lowest BCUT2D eigenvalue weighted by Gasteiger charge is -2.02. The predicted molar refractivity (Wildman–Crippen MR) is 104 cm³/mol. The van der Waals surface area contributed by atoms with Gasteiger partial charge in [-0.1, -0.05) is 6.92 Å². The van der Waals surface area contributed by atoms with Crippen LogP contribution in [0.1, 0.15) is 35.4 Å². The van der Waals surface area contributed by atoms with Crippen LogP contribution in [0.3, 0.4) is 0 Å². The Bertz CT molecular complexity index is 1250. The number of rotatable bonds is 5. The molecule has 150 valence electrons. The van der Waals surface area contributed by atoms with Crippen LogP contribution in [-0.2, 0) is 13.6 Å². The molecule has 0 spiro atoms. The monoisotopic (exact) mass is 395 g/mol. The molecule has 0 radical (unpaired) electrons. The summed E-state index contributed by atoms with van der Waals surface area (Å²) in [6.07, 6.45) is 4.14. The van der Waals surface area contributed by atoms with Gasteiger partial charge in [-0.05, 0) is 20.3 Å². The number of aromatic hydroxyl groups is 1. The van der Waals surface area contributed by atoms with E-state index in [2.05, 4.69) is 25.1 Å². The smallest absolute Gasteiger partial charge is 0.285 e. The van der Waals surface area contributed by atoms with Crippen LogP contribution in [0.5, 0.6) is 5.75 Å². The first-order chi connectivity index (χ1) is 13.8. The van der Waals surface area contributed by atoms with Crippen LogP contribution < -0.4 is 5.73 Å². The second-order valence-electron chi connectivity index (χ2n) is 6.82. The molecule has 0 unspecified atom stereocenters. The van der Waals surface area contributed by atoms with Gasteiger partial charge in [-0.15, -0.1) is 5.10 Å². The van der Waals surface area contributed by atoms with E-state index in [0.717, 1.165) is 6.42 Å². The van der Waals surface area contributed by atoms with Gasteiger partial charge in [0.25, 0.3) is 5.91 Å². The second-order valence-corrected chi connectivity index (χ2v) is 6.82. The zero-order chi connectivity index (χ0) is 20.9. The quantitative estimate of drug-likeness (QED) is 0.517. The molecule has 0 bridgehead atoms. The van der Waals surface area contributed by atoms with Crippen molar-refractivity contribution in [2.24, 2.45) is 12.8 Å². The number of hydrogen-bond acceptors (Lipinski definition) is 7. The minimum Gasteiger partial charge on any atom is -0.504 e. The van der Waals surface area contributed by atoms with Crippen LogP contribution in [0, 0.1) is 13.8 Å². The van der Waals surface area contributed by atoms with Crippen molar-refractivity contribution in [3.63, 3.8) is 0 Å². The van der Waals surface area contributed by atoms with Crippen LogP contribution in [0.15, 0.2) is 12.4 Å². The average molecular weight is 395 g/mol. The normalized spacial score (nSPS) is 11.4. The summed E-state index contributed by atoms with van der Waals surface area (Å²) >= 11 is 0. The molecule has 0 atom stereocenters. The average Bonchev–Trinajstić information content (AvgIpc) is 3.29. The molecule has 1 amide bonds. The van der Waals surface area contributed by atoms with Gasteiger partial charge >= 0.3 is 0 Å². The molecular formula is C18H21N9O2. The number of aryl methyl sites for hydroxylation is 4. The first-order valence-corrected chi connectivity index (χ1v) is 9.14. The summed E-state index contributed by atoms with van der Waals surface area (Å²) in [5.41, 5.74) is 8.16. The number of aromatic nitrogens is 8. The van der Waals surface area contributed by atoms with Gasteiger partial charge in [0.05, 0.1) is 17.4 Å². The summed E-state index contributed by atoms with van der Waals surface area (Å²) in [4.78, 5) is 25.2. The van der Waals surface area contributed by atoms with Crippen LogP contribution in [0.4, 0.5) is 0 Å². The molecule has 11 nitrogen and oxygen atoms in total. The van der Waals surface area contributed by atoms with Gasteiger partial charge in [0.2, 0.25) is 11.6 Å². The fourth-order valence-electron chi connectivity index (χ4n) is 3.28. The largest absolute Gasteiger partial charge is 0.504 e. The van der Waals surface area contributed by atoms with Gasteiger partial charge in [0.1, 0.15) is 17.1 Å². The molecule has 29 heavy (non-hydrogen) atoms. The lowest BCUT2D eigenvalue weighted by molar-refractivity contribution is 0.0990. The van der Waals surface area contributed by atoms with Crippen molar-refractivity contribution in [2.45, 2.75) is 33.7 Å². The first-order valence-electron chi connectivity index (χ1n) is 9.14. The maximum Gasteiger partial charge on any atom is 0.285 e. The molecule has 11 heteroatoms. The third-order valence-electron chi connectivity index (χ3n) is 4.59. The van der Waals surface area contributed by atoms with Crippen molar-refractivity contribution in [1.29, 1.82) is 0 Å². The molecule has 0 saturated carbocycles. The number of fused-ring (bicyclic) bond motifs is 1. The summed E-state index contributed by atoms with van der Waals surface area (Å²) in [7, 11) is 1.72. The summed E-state index contributed by atoms with van der Waals surface area (Å²) in [6.45, 7) is 6.18. The van der Waals surface area contributed by atoms with E-state index in [9.17, 15) is 9.90 Å². The van der Waals surface area contributed by atoms with Crippen LogP contribution in [0.25, 0.3) is 28.6 Å². The maximum absolute atomic E-state index is 11.9. The Hall–Kier alpha value is -3.76. The molecule has 0 saturated heterocycles. The van der Waals surface area contributed by atoms with Crippen molar-refractivity contribution >= 4 is 11.4 Å². The minimum absolute atomic E-state index is 0.0421. The lowest BCUT2D eigenvalue weighted by atomic mass is 10.3. The lowest BCUT2D eigenvalue weighted by Crippen LogP contribution is -2.15. The highest BCUT2D eigenvalue weighted by atomic mass is 16.3. The Morgan fingerprint density at radius 2 is 2.00 bits per heavy atom. The molecule has 0 aliphatic carbocycles. The highest BCUT2D eigenvalue weighted by Gasteiger charge is 2.25. The Morgan fingerprint density at radius 3 is 2.69 bits per heavy atom. The minimum atomic E-state index is -0.659. The highest BCUT2D eigenvalue weighted by molar-refractivity contribution is 5.92. The molecule has 0 fully saturated rings. The van der Waals surface area contributed by atoms with Gasteiger partial charge in [-0.2, -0.15) is 5.10 Å². The van der Waals surface area contributed by atoms with E-state index in [0.29, 0.717) is 46.5 Å². The van der Waals surface area contributed by atoms with Crippen LogP contribution >= 0.6 is 0 Å². The van der Waals surface area contributed by atoms with E-state index in [-0.39, 0.29) is 11.6 Å². The van der Waals surface area contributed by atoms with Gasteiger partial charge in [0, 0.05) is 19.8 Å². The van der Waals surface area contributed by atoms with Crippen LogP contribution in [0.2, 0.25) is 0 Å². The molecule has 4 heterocycles. The van der Waals surface area contributed by atoms with Crippen molar-refractivity contribution in [3.05, 3.63) is 29.6 Å². The van der Waals surface area contributed by atoms with E-state index in [1.54, 1.807) is 40.1 Å². The molecule has 0 aliphatic heterocycles. The summed E-state index contributed by atoms with van der Waals surface area (Å²) in [5.74, 6) is 0.196. The van der Waals surface area contributed by atoms with Crippen molar-refractivity contribution in [3.8, 4) is 28.8 Å².